The van der Waals surface area contributed by atoms with Crippen LogP contribution in [0.4, 0.5) is 5.13 Å². The van der Waals surface area contributed by atoms with Gasteiger partial charge in [-0.05, 0) is 49.6 Å². The van der Waals surface area contributed by atoms with E-state index in [-0.39, 0.29) is 22.2 Å². The number of thiazole rings is 1. The topological polar surface area (TPSA) is 115 Å². The normalized spacial score (nSPS) is 14.9. The first-order valence-electron chi connectivity index (χ1n) is 13.5. The number of aromatic nitrogens is 1. The zero-order valence-electron chi connectivity index (χ0n) is 23.7. The van der Waals surface area contributed by atoms with E-state index in [0.717, 1.165) is 23.3 Å². The van der Waals surface area contributed by atoms with Crippen LogP contribution in [0.3, 0.4) is 0 Å². The molecular formula is C32H32N2O7S. The molecule has 3 aromatic rings. The summed E-state index contributed by atoms with van der Waals surface area (Å²) in [6.07, 6.45) is 5.17. The summed E-state index contributed by atoms with van der Waals surface area (Å²) in [5.41, 5.74) is 1.48. The Labute approximate surface area is 248 Å². The summed E-state index contributed by atoms with van der Waals surface area (Å²) < 4.78 is 16.8. The predicted molar refractivity (Wildman–Crippen MR) is 161 cm³/mol. The fraction of sp³-hybridized carbons (Fsp3) is 0.250. The molecule has 0 aliphatic carbocycles. The number of ether oxygens (including phenoxy) is 3. The van der Waals surface area contributed by atoms with Crippen molar-refractivity contribution >= 4 is 40.2 Å². The van der Waals surface area contributed by atoms with E-state index in [4.69, 9.17) is 14.2 Å². The van der Waals surface area contributed by atoms with Crippen LogP contribution in [0.5, 0.6) is 11.5 Å². The third kappa shape index (κ3) is 6.44. The van der Waals surface area contributed by atoms with E-state index in [0.29, 0.717) is 36.0 Å². The van der Waals surface area contributed by atoms with Crippen molar-refractivity contribution in [1.29, 1.82) is 0 Å². The van der Waals surface area contributed by atoms with Gasteiger partial charge in [-0.15, -0.1) is 0 Å². The van der Waals surface area contributed by atoms with Gasteiger partial charge in [0, 0.05) is 0 Å². The van der Waals surface area contributed by atoms with Crippen LogP contribution in [0, 0.1) is 6.92 Å². The van der Waals surface area contributed by atoms with Crippen LogP contribution in [0.25, 0.3) is 6.08 Å². The Hall–Kier alpha value is -4.70. The molecule has 9 nitrogen and oxygen atoms in total. The number of aryl methyl sites for hydroxylation is 1. The average Bonchev–Trinajstić information content (AvgIpc) is 3.50. The summed E-state index contributed by atoms with van der Waals surface area (Å²) in [5, 5.41) is 11.2. The van der Waals surface area contributed by atoms with E-state index in [1.807, 2.05) is 44.2 Å². The van der Waals surface area contributed by atoms with Gasteiger partial charge in [0.25, 0.3) is 5.91 Å². The molecule has 1 aromatic heterocycles. The largest absolute Gasteiger partial charge is 0.503 e. The number of rotatable bonds is 13. The summed E-state index contributed by atoms with van der Waals surface area (Å²) in [5.74, 6) is -1.75. The Morgan fingerprint density at radius 3 is 2.57 bits per heavy atom. The van der Waals surface area contributed by atoms with Crippen molar-refractivity contribution in [3.63, 3.8) is 0 Å². The van der Waals surface area contributed by atoms with Crippen molar-refractivity contribution in [2.45, 2.75) is 33.2 Å². The second-order valence-electron chi connectivity index (χ2n) is 9.23. The van der Waals surface area contributed by atoms with E-state index >= 15 is 0 Å². The van der Waals surface area contributed by atoms with Gasteiger partial charge in [-0.3, -0.25) is 14.5 Å². The molecule has 218 valence electrons. The van der Waals surface area contributed by atoms with Crippen molar-refractivity contribution in [3.8, 4) is 11.5 Å². The Morgan fingerprint density at radius 1 is 1.12 bits per heavy atom. The lowest BCUT2D eigenvalue weighted by Gasteiger charge is -2.25. The molecule has 4 rings (SSSR count). The molecule has 1 amide bonds. The molecule has 1 aliphatic rings. The minimum atomic E-state index is -1.06. The number of allylic oxidation sites excluding steroid dienone is 1. The molecule has 10 heteroatoms. The number of anilines is 1. The highest BCUT2D eigenvalue weighted by Crippen LogP contribution is 2.45. The van der Waals surface area contributed by atoms with Crippen LogP contribution in [-0.4, -0.2) is 47.6 Å². The molecule has 42 heavy (non-hydrogen) atoms. The van der Waals surface area contributed by atoms with Gasteiger partial charge in [-0.25, -0.2) is 9.78 Å². The molecule has 0 saturated carbocycles. The summed E-state index contributed by atoms with van der Waals surface area (Å²) in [7, 11) is 0. The van der Waals surface area contributed by atoms with Crippen molar-refractivity contribution in [3.05, 3.63) is 100 Å². The molecule has 0 fully saturated rings. The maximum Gasteiger partial charge on any atom is 0.350 e. The maximum atomic E-state index is 13.6. The minimum absolute atomic E-state index is 0.0121. The van der Waals surface area contributed by atoms with Gasteiger partial charge < -0.3 is 19.3 Å². The molecule has 2 aromatic carbocycles. The van der Waals surface area contributed by atoms with E-state index in [9.17, 15) is 19.5 Å². The van der Waals surface area contributed by atoms with Crippen molar-refractivity contribution in [2.75, 3.05) is 24.7 Å². The molecule has 2 heterocycles. The van der Waals surface area contributed by atoms with Gasteiger partial charge in [-0.1, -0.05) is 73.4 Å². The zero-order valence-corrected chi connectivity index (χ0v) is 24.5. The number of benzene rings is 2. The highest BCUT2D eigenvalue weighted by Gasteiger charge is 2.45. The number of carbonyl (C=O) groups is 3. The summed E-state index contributed by atoms with van der Waals surface area (Å²) in [4.78, 5) is 45.7. The molecule has 1 atom stereocenters. The first-order chi connectivity index (χ1) is 20.3. The second-order valence-corrected chi connectivity index (χ2v) is 10.2. The lowest BCUT2D eigenvalue weighted by atomic mass is 9.95. The summed E-state index contributed by atoms with van der Waals surface area (Å²) >= 11 is 0.934. The number of aliphatic hydroxyl groups is 1. The Morgan fingerprint density at radius 2 is 1.88 bits per heavy atom. The monoisotopic (exact) mass is 588 g/mol. The van der Waals surface area contributed by atoms with Gasteiger partial charge >= 0.3 is 5.97 Å². The first kappa shape index (κ1) is 30.3. The third-order valence-electron chi connectivity index (χ3n) is 6.25. The molecule has 0 saturated heterocycles. The average molecular weight is 589 g/mol. The van der Waals surface area contributed by atoms with Crippen molar-refractivity contribution < 1.29 is 33.7 Å². The standard InChI is InChI=1S/C32H32N2O7S/c1-5-17-40-24-16-14-22(19-25(24)39-7-3)27-26(23(35)15-13-21-11-9-8-10-12-21)28(36)30(37)34(27)32-33-20(4)29(42-32)31(38)41-18-6-2/h6,8-16,19,27,36H,2,5,7,17-18H2,1,3-4H3. The van der Waals surface area contributed by atoms with Gasteiger partial charge in [0.15, 0.2) is 28.2 Å². The molecule has 0 radical (unpaired) electrons. The predicted octanol–water partition coefficient (Wildman–Crippen LogP) is 6.16. The van der Waals surface area contributed by atoms with E-state index < -0.39 is 29.5 Å². The van der Waals surface area contributed by atoms with Crippen LogP contribution >= 0.6 is 11.3 Å². The Balaban J connectivity index is 1.82. The lowest BCUT2D eigenvalue weighted by molar-refractivity contribution is -0.117. The van der Waals surface area contributed by atoms with Crippen molar-refractivity contribution in [1.82, 2.24) is 4.98 Å². The smallest absolute Gasteiger partial charge is 0.350 e. The van der Waals surface area contributed by atoms with Crippen molar-refractivity contribution in [2.24, 2.45) is 0 Å². The number of hydrogen-bond acceptors (Lipinski definition) is 9. The van der Waals surface area contributed by atoms with E-state index in [1.165, 1.54) is 17.1 Å². The van der Waals surface area contributed by atoms with Crippen LogP contribution in [0.1, 0.15) is 52.8 Å². The number of esters is 1. The first-order valence-corrected chi connectivity index (χ1v) is 14.3. The van der Waals surface area contributed by atoms with Gasteiger partial charge in [0.05, 0.1) is 30.5 Å². The summed E-state index contributed by atoms with van der Waals surface area (Å²) in [6.45, 7) is 9.84. The molecule has 0 spiro atoms. The van der Waals surface area contributed by atoms with Gasteiger partial charge in [0.2, 0.25) is 0 Å². The van der Waals surface area contributed by atoms with Crippen LogP contribution in [0.15, 0.2) is 78.6 Å². The minimum Gasteiger partial charge on any atom is -0.503 e. The fourth-order valence-electron chi connectivity index (χ4n) is 4.36. The third-order valence-corrected chi connectivity index (χ3v) is 7.39. The molecule has 1 N–H and O–H groups in total. The molecule has 1 unspecified atom stereocenters. The van der Waals surface area contributed by atoms with Crippen LogP contribution in [-0.2, 0) is 14.3 Å². The second kappa shape index (κ2) is 13.8. The van der Waals surface area contributed by atoms with E-state index in [2.05, 4.69) is 11.6 Å². The van der Waals surface area contributed by atoms with Crippen LogP contribution in [0.2, 0.25) is 0 Å². The van der Waals surface area contributed by atoms with Crippen LogP contribution < -0.4 is 14.4 Å². The van der Waals surface area contributed by atoms with Gasteiger partial charge in [0.1, 0.15) is 11.5 Å². The highest BCUT2D eigenvalue weighted by molar-refractivity contribution is 7.17. The molecular weight excluding hydrogens is 556 g/mol. The number of carbonyl (C=O) groups excluding carboxylic acids is 3. The Bertz CT molecular complexity index is 1540. The summed E-state index contributed by atoms with van der Waals surface area (Å²) in [6, 6.07) is 13.2. The number of nitrogens with zero attached hydrogens (tertiary/aromatic N) is 2. The Kier molecular flexibility index (Phi) is 9.93. The fourth-order valence-corrected chi connectivity index (χ4v) is 5.35. The number of aliphatic hydroxyl groups excluding tert-OH is 1. The highest BCUT2D eigenvalue weighted by atomic mass is 32.1. The quantitative estimate of drug-likeness (QED) is 0.143. The lowest BCUT2D eigenvalue weighted by Crippen LogP contribution is -2.31. The molecule has 1 aliphatic heterocycles. The number of ketones is 1. The SMILES string of the molecule is C=CCOC(=O)c1sc(N2C(=O)C(O)=C(C(=O)C=Cc3ccccc3)C2c2ccc(OCCC)c(OCC)c2)nc1C. The zero-order chi connectivity index (χ0) is 30.2. The number of amides is 1. The van der Waals surface area contributed by atoms with E-state index in [1.54, 1.807) is 31.2 Å². The van der Waals surface area contributed by atoms with Gasteiger partial charge in [-0.2, -0.15) is 0 Å². The molecule has 0 bridgehead atoms. The maximum absolute atomic E-state index is 13.6. The number of hydrogen-bond donors (Lipinski definition) is 1.